The summed E-state index contributed by atoms with van der Waals surface area (Å²) >= 11 is 0. The fourth-order valence-electron chi connectivity index (χ4n) is 2.60. The lowest BCUT2D eigenvalue weighted by Crippen LogP contribution is -2.13. The minimum Gasteiger partial charge on any atom is -0.0625 e. The van der Waals surface area contributed by atoms with E-state index in [0.29, 0.717) is 0 Å². The minimum absolute atomic E-state index is 0.837. The number of hydrogen-bond acceptors (Lipinski definition) is 0. The third-order valence-corrected chi connectivity index (χ3v) is 4.05. The van der Waals surface area contributed by atoms with Gasteiger partial charge >= 0.3 is 0 Å². The SMILES string of the molecule is CC(C)C(C)C1C2CC21C. The second-order valence-electron chi connectivity index (χ2n) is 4.95. The molecule has 2 aliphatic carbocycles. The predicted octanol–water partition coefficient (Wildman–Crippen LogP) is 2.93. The molecule has 2 saturated carbocycles. The molecule has 0 heterocycles. The van der Waals surface area contributed by atoms with Crippen LogP contribution in [0, 0.1) is 29.1 Å². The monoisotopic (exact) mass is 138 g/mol. The Morgan fingerprint density at radius 1 is 1.30 bits per heavy atom. The molecule has 0 radical (unpaired) electrons. The molecule has 0 spiro atoms. The Balaban J connectivity index is 1.92. The van der Waals surface area contributed by atoms with E-state index in [1.807, 2.05) is 0 Å². The molecule has 2 rings (SSSR count). The van der Waals surface area contributed by atoms with Gasteiger partial charge in [-0.15, -0.1) is 0 Å². The third kappa shape index (κ3) is 0.627. The first-order valence-electron chi connectivity index (χ1n) is 4.57. The van der Waals surface area contributed by atoms with E-state index < -0.39 is 0 Å². The maximum atomic E-state index is 2.46. The van der Waals surface area contributed by atoms with E-state index in [1.165, 1.54) is 6.42 Å². The average Bonchev–Trinajstić information content (AvgIpc) is 2.55. The third-order valence-electron chi connectivity index (χ3n) is 4.05. The van der Waals surface area contributed by atoms with Crippen LogP contribution in [0.25, 0.3) is 0 Å². The smallest absolute Gasteiger partial charge is 0.0258 e. The van der Waals surface area contributed by atoms with E-state index in [9.17, 15) is 0 Å². The van der Waals surface area contributed by atoms with Crippen LogP contribution in [0.15, 0.2) is 0 Å². The second-order valence-corrected chi connectivity index (χ2v) is 4.95. The van der Waals surface area contributed by atoms with Crippen molar-refractivity contribution in [3.8, 4) is 0 Å². The van der Waals surface area contributed by atoms with Crippen molar-refractivity contribution in [1.29, 1.82) is 0 Å². The van der Waals surface area contributed by atoms with Gasteiger partial charge in [-0.1, -0.05) is 27.7 Å². The Bertz CT molecular complexity index is 157. The summed E-state index contributed by atoms with van der Waals surface area (Å²) in [6.45, 7) is 9.59. The van der Waals surface area contributed by atoms with Crippen molar-refractivity contribution < 1.29 is 0 Å². The largest absolute Gasteiger partial charge is 0.0625 e. The topological polar surface area (TPSA) is 0 Å². The highest BCUT2D eigenvalue weighted by Crippen LogP contribution is 2.82. The van der Waals surface area contributed by atoms with E-state index in [1.54, 1.807) is 0 Å². The van der Waals surface area contributed by atoms with E-state index in [0.717, 1.165) is 29.1 Å². The van der Waals surface area contributed by atoms with Gasteiger partial charge in [-0.25, -0.2) is 0 Å². The summed E-state index contributed by atoms with van der Waals surface area (Å²) in [6.07, 6.45) is 1.54. The lowest BCUT2D eigenvalue weighted by Gasteiger charge is -2.20. The molecule has 0 amide bonds. The van der Waals surface area contributed by atoms with Gasteiger partial charge < -0.3 is 0 Å². The predicted molar refractivity (Wildman–Crippen MR) is 43.7 cm³/mol. The molecule has 0 heteroatoms. The quantitative estimate of drug-likeness (QED) is 0.550. The Labute approximate surface area is 64.0 Å². The van der Waals surface area contributed by atoms with Gasteiger partial charge in [0.1, 0.15) is 0 Å². The summed E-state index contributed by atoms with van der Waals surface area (Å²) in [7, 11) is 0. The molecule has 0 aromatic heterocycles. The van der Waals surface area contributed by atoms with Gasteiger partial charge in [0.15, 0.2) is 0 Å². The molecular weight excluding hydrogens is 120 g/mol. The Morgan fingerprint density at radius 3 is 1.90 bits per heavy atom. The lowest BCUT2D eigenvalue weighted by atomic mass is 9.85. The van der Waals surface area contributed by atoms with Crippen molar-refractivity contribution in [3.05, 3.63) is 0 Å². The molecule has 0 N–H and O–H groups in total. The maximum Gasteiger partial charge on any atom is -0.0258 e. The molecule has 0 aromatic carbocycles. The van der Waals surface area contributed by atoms with E-state index in [2.05, 4.69) is 27.7 Å². The van der Waals surface area contributed by atoms with Crippen LogP contribution in [-0.2, 0) is 0 Å². The second kappa shape index (κ2) is 1.60. The molecule has 4 atom stereocenters. The van der Waals surface area contributed by atoms with Crippen molar-refractivity contribution in [1.82, 2.24) is 0 Å². The molecule has 0 aliphatic heterocycles. The van der Waals surface area contributed by atoms with Gasteiger partial charge in [-0.2, -0.15) is 0 Å². The van der Waals surface area contributed by atoms with Gasteiger partial charge in [0, 0.05) is 0 Å². The fourth-order valence-corrected chi connectivity index (χ4v) is 2.60. The summed E-state index contributed by atoms with van der Waals surface area (Å²) in [5, 5.41) is 0. The number of fused-ring (bicyclic) bond motifs is 1. The molecule has 0 bridgehead atoms. The standard InChI is InChI=1S/C10H18/c1-6(2)7(3)9-8-5-10(8,9)4/h6-9H,5H2,1-4H3. The molecule has 4 unspecified atom stereocenters. The van der Waals surface area contributed by atoms with Crippen LogP contribution in [0.5, 0.6) is 0 Å². The van der Waals surface area contributed by atoms with Crippen LogP contribution in [0.3, 0.4) is 0 Å². The molecule has 0 nitrogen and oxygen atoms in total. The van der Waals surface area contributed by atoms with Crippen molar-refractivity contribution >= 4 is 0 Å². The van der Waals surface area contributed by atoms with E-state index in [4.69, 9.17) is 0 Å². The van der Waals surface area contributed by atoms with Crippen LogP contribution in [0.2, 0.25) is 0 Å². The van der Waals surface area contributed by atoms with Gasteiger partial charge in [0.2, 0.25) is 0 Å². The van der Waals surface area contributed by atoms with Gasteiger partial charge in [0.25, 0.3) is 0 Å². The summed E-state index contributed by atoms with van der Waals surface area (Å²) < 4.78 is 0. The zero-order valence-corrected chi connectivity index (χ0v) is 7.52. The summed E-state index contributed by atoms with van der Waals surface area (Å²) in [5.41, 5.74) is 0.837. The molecule has 0 aromatic rings. The number of hydrogen-bond donors (Lipinski definition) is 0. The highest BCUT2D eigenvalue weighted by molar-refractivity contribution is 5.24. The number of rotatable bonds is 2. The van der Waals surface area contributed by atoms with Gasteiger partial charge in [-0.3, -0.25) is 0 Å². The zero-order chi connectivity index (χ0) is 7.52. The van der Waals surface area contributed by atoms with Crippen LogP contribution < -0.4 is 0 Å². The summed E-state index contributed by atoms with van der Waals surface area (Å²) in [5.74, 6) is 4.12. The normalized spacial score (nSPS) is 52.5. The Hall–Kier alpha value is 0. The van der Waals surface area contributed by atoms with Gasteiger partial charge in [0.05, 0.1) is 0 Å². The van der Waals surface area contributed by atoms with E-state index >= 15 is 0 Å². The average molecular weight is 138 g/mol. The molecule has 2 aliphatic rings. The molecule has 0 saturated heterocycles. The van der Waals surface area contributed by atoms with Crippen molar-refractivity contribution in [3.63, 3.8) is 0 Å². The van der Waals surface area contributed by atoms with Gasteiger partial charge in [-0.05, 0) is 35.5 Å². The van der Waals surface area contributed by atoms with Crippen LogP contribution >= 0.6 is 0 Å². The van der Waals surface area contributed by atoms with E-state index in [-0.39, 0.29) is 0 Å². The molecular formula is C10H18. The molecule has 58 valence electrons. The molecule has 10 heavy (non-hydrogen) atoms. The van der Waals surface area contributed by atoms with Crippen molar-refractivity contribution in [2.75, 3.05) is 0 Å². The first-order chi connectivity index (χ1) is 4.57. The minimum atomic E-state index is 0.837. The Morgan fingerprint density at radius 2 is 1.80 bits per heavy atom. The first-order valence-corrected chi connectivity index (χ1v) is 4.57. The van der Waals surface area contributed by atoms with Crippen LogP contribution in [0.1, 0.15) is 34.1 Å². The van der Waals surface area contributed by atoms with Crippen LogP contribution in [-0.4, -0.2) is 0 Å². The fraction of sp³-hybridized carbons (Fsp3) is 1.00. The van der Waals surface area contributed by atoms with Crippen molar-refractivity contribution in [2.45, 2.75) is 34.1 Å². The maximum absolute atomic E-state index is 2.46. The van der Waals surface area contributed by atoms with Crippen molar-refractivity contribution in [2.24, 2.45) is 29.1 Å². The summed E-state index contributed by atoms with van der Waals surface area (Å²) in [4.78, 5) is 0. The first kappa shape index (κ1) is 6.69. The highest BCUT2D eigenvalue weighted by atomic mass is 14.8. The highest BCUT2D eigenvalue weighted by Gasteiger charge is 2.76. The van der Waals surface area contributed by atoms with Crippen LogP contribution in [0.4, 0.5) is 0 Å². The zero-order valence-electron chi connectivity index (χ0n) is 7.52. The Kier molecular flexibility index (Phi) is 1.07. The molecule has 2 fully saturated rings. The lowest BCUT2D eigenvalue weighted by molar-refractivity contribution is 0.289. The summed E-state index contributed by atoms with van der Waals surface area (Å²) in [6, 6.07) is 0.